The molecule has 3 heteroatoms. The Labute approximate surface area is 183 Å². The Kier molecular flexibility index (Phi) is 5.12. The van der Waals surface area contributed by atoms with E-state index in [2.05, 4.69) is 20.8 Å². The van der Waals surface area contributed by atoms with Crippen LogP contribution in [0, 0.1) is 51.8 Å². The molecule has 5 fully saturated rings. The molecular formula is C27H44O3. The number of carbonyl (C=O) groups excluding carboxylic acids is 1. The average molecular weight is 417 g/mol. The lowest BCUT2D eigenvalue weighted by Gasteiger charge is -2.68. The van der Waals surface area contributed by atoms with Gasteiger partial charge in [-0.2, -0.15) is 0 Å². The summed E-state index contributed by atoms with van der Waals surface area (Å²) in [7, 11) is 0. The fraction of sp³-hybridized carbons (Fsp3) is 0.963. The number of aliphatic hydroxyl groups excluding tert-OH is 1. The molecule has 0 aromatic rings. The molecule has 5 saturated carbocycles. The van der Waals surface area contributed by atoms with Gasteiger partial charge in [-0.05, 0) is 117 Å². The Morgan fingerprint density at radius 1 is 0.967 bits per heavy atom. The van der Waals surface area contributed by atoms with E-state index in [4.69, 9.17) is 4.74 Å². The fourth-order valence-corrected chi connectivity index (χ4v) is 9.96. The molecule has 0 spiro atoms. The molecule has 30 heavy (non-hydrogen) atoms. The zero-order valence-corrected chi connectivity index (χ0v) is 19.8. The minimum Gasteiger partial charge on any atom is -0.466 e. The zero-order chi connectivity index (χ0) is 21.3. The Hall–Kier alpha value is -0.570. The normalized spacial score (nSPS) is 53.2. The molecule has 0 heterocycles. The first kappa shape index (κ1) is 21.3. The van der Waals surface area contributed by atoms with Crippen LogP contribution in [0.4, 0.5) is 0 Å². The molecule has 170 valence electrons. The van der Waals surface area contributed by atoms with Crippen LogP contribution < -0.4 is 0 Å². The van der Waals surface area contributed by atoms with Crippen molar-refractivity contribution in [2.75, 3.05) is 6.61 Å². The highest BCUT2D eigenvalue weighted by molar-refractivity contribution is 5.73. The van der Waals surface area contributed by atoms with Crippen LogP contribution in [0.2, 0.25) is 0 Å². The van der Waals surface area contributed by atoms with Crippen molar-refractivity contribution in [2.45, 2.75) is 104 Å². The maximum Gasteiger partial charge on any atom is 0.311 e. The molecular weight excluding hydrogens is 372 g/mol. The van der Waals surface area contributed by atoms with Crippen molar-refractivity contribution in [1.82, 2.24) is 0 Å². The van der Waals surface area contributed by atoms with Gasteiger partial charge >= 0.3 is 5.97 Å². The second kappa shape index (κ2) is 7.22. The van der Waals surface area contributed by atoms with E-state index in [0.717, 1.165) is 42.9 Å². The molecule has 5 aliphatic rings. The van der Waals surface area contributed by atoms with Crippen LogP contribution >= 0.6 is 0 Å². The Balaban J connectivity index is 1.45. The third-order valence-electron chi connectivity index (χ3n) is 11.3. The molecule has 0 bridgehead atoms. The SMILES string of the molecule is CCOC(=O)C1CCC2[C@@H]3CCC4(C)C[C@@H](C)CCC4(C4CC4)C3CCC2(C)C1O. The first-order valence-corrected chi connectivity index (χ1v) is 13.1. The molecule has 1 N–H and O–H groups in total. The van der Waals surface area contributed by atoms with E-state index in [1.54, 1.807) is 0 Å². The van der Waals surface area contributed by atoms with Crippen molar-refractivity contribution < 1.29 is 14.6 Å². The third kappa shape index (κ3) is 2.82. The van der Waals surface area contributed by atoms with Gasteiger partial charge in [0.05, 0.1) is 18.6 Å². The van der Waals surface area contributed by atoms with Crippen LogP contribution in [0.5, 0.6) is 0 Å². The van der Waals surface area contributed by atoms with Gasteiger partial charge in [0.15, 0.2) is 0 Å². The van der Waals surface area contributed by atoms with Crippen LogP contribution in [0.3, 0.4) is 0 Å². The fourth-order valence-electron chi connectivity index (χ4n) is 9.96. The average Bonchev–Trinajstić information content (AvgIpc) is 3.54. The van der Waals surface area contributed by atoms with Gasteiger partial charge < -0.3 is 9.84 Å². The molecule has 0 saturated heterocycles. The monoisotopic (exact) mass is 416 g/mol. The molecule has 0 amide bonds. The van der Waals surface area contributed by atoms with E-state index in [1.165, 1.54) is 51.4 Å². The lowest BCUT2D eigenvalue weighted by molar-refractivity contribution is -0.214. The van der Waals surface area contributed by atoms with E-state index in [-0.39, 0.29) is 17.3 Å². The first-order valence-electron chi connectivity index (χ1n) is 13.1. The molecule has 9 atom stereocenters. The van der Waals surface area contributed by atoms with Crippen molar-refractivity contribution in [3.05, 3.63) is 0 Å². The highest BCUT2D eigenvalue weighted by Gasteiger charge is 2.68. The quantitative estimate of drug-likeness (QED) is 0.575. The van der Waals surface area contributed by atoms with Gasteiger partial charge in [0.25, 0.3) is 0 Å². The predicted octanol–water partition coefficient (Wildman–Crippen LogP) is 5.99. The van der Waals surface area contributed by atoms with Crippen LogP contribution in [-0.4, -0.2) is 23.8 Å². The van der Waals surface area contributed by atoms with Crippen molar-refractivity contribution in [2.24, 2.45) is 51.8 Å². The summed E-state index contributed by atoms with van der Waals surface area (Å²) < 4.78 is 5.33. The highest BCUT2D eigenvalue weighted by atomic mass is 16.5. The smallest absolute Gasteiger partial charge is 0.311 e. The number of aliphatic hydroxyl groups is 1. The van der Waals surface area contributed by atoms with Crippen LogP contribution in [0.1, 0.15) is 98.3 Å². The number of hydrogen-bond acceptors (Lipinski definition) is 3. The summed E-state index contributed by atoms with van der Waals surface area (Å²) in [5, 5.41) is 11.4. The lowest BCUT2D eigenvalue weighted by Crippen LogP contribution is -2.63. The van der Waals surface area contributed by atoms with Gasteiger partial charge in [0.1, 0.15) is 0 Å². The van der Waals surface area contributed by atoms with Gasteiger partial charge in [-0.15, -0.1) is 0 Å². The van der Waals surface area contributed by atoms with Crippen molar-refractivity contribution in [3.8, 4) is 0 Å². The van der Waals surface area contributed by atoms with Gasteiger partial charge in [0, 0.05) is 0 Å². The number of hydrogen-bond donors (Lipinski definition) is 1. The van der Waals surface area contributed by atoms with Gasteiger partial charge in [-0.1, -0.05) is 27.2 Å². The van der Waals surface area contributed by atoms with E-state index < -0.39 is 6.10 Å². The maximum atomic E-state index is 12.5. The highest BCUT2D eigenvalue weighted by Crippen LogP contribution is 2.75. The Morgan fingerprint density at radius 3 is 2.43 bits per heavy atom. The number of esters is 1. The topological polar surface area (TPSA) is 46.5 Å². The van der Waals surface area contributed by atoms with Gasteiger partial charge in [-0.3, -0.25) is 4.79 Å². The molecule has 5 aliphatic carbocycles. The van der Waals surface area contributed by atoms with E-state index in [9.17, 15) is 9.90 Å². The number of rotatable bonds is 3. The van der Waals surface area contributed by atoms with Crippen molar-refractivity contribution in [3.63, 3.8) is 0 Å². The Bertz CT molecular complexity index is 686. The number of carbonyl (C=O) groups is 1. The molecule has 0 aromatic heterocycles. The van der Waals surface area contributed by atoms with Crippen molar-refractivity contribution >= 4 is 5.97 Å². The summed E-state index contributed by atoms with van der Waals surface area (Å²) in [6.45, 7) is 9.74. The van der Waals surface area contributed by atoms with Gasteiger partial charge in [0.2, 0.25) is 0 Å². The van der Waals surface area contributed by atoms with E-state index >= 15 is 0 Å². The summed E-state index contributed by atoms with van der Waals surface area (Å²) in [6, 6.07) is 0. The van der Waals surface area contributed by atoms with Crippen LogP contribution in [0.15, 0.2) is 0 Å². The minimum atomic E-state index is -0.534. The largest absolute Gasteiger partial charge is 0.466 e. The summed E-state index contributed by atoms with van der Waals surface area (Å²) >= 11 is 0. The molecule has 0 aromatic carbocycles. The molecule has 5 rings (SSSR count). The lowest BCUT2D eigenvalue weighted by atomic mass is 9.36. The summed E-state index contributed by atoms with van der Waals surface area (Å²) in [5.74, 6) is 3.55. The molecule has 0 aliphatic heterocycles. The van der Waals surface area contributed by atoms with E-state index in [1.807, 2.05) is 6.92 Å². The second-order valence-corrected chi connectivity index (χ2v) is 12.6. The standard InChI is InChI=1S/C27H44O3/c1-5-30-24(29)20-8-9-21-19-11-13-25(3)16-17(2)10-15-27(25,18-6-7-18)22(19)12-14-26(21,4)23(20)28/h17-23,28H,5-16H2,1-4H3/t17-,19-,20?,21?,22?,23?,25?,26?,27?/m0/s1. The number of fused-ring (bicyclic) bond motifs is 5. The molecule has 0 radical (unpaired) electrons. The minimum absolute atomic E-state index is 0.114. The molecule has 3 nitrogen and oxygen atoms in total. The van der Waals surface area contributed by atoms with Crippen molar-refractivity contribution in [1.29, 1.82) is 0 Å². The van der Waals surface area contributed by atoms with Gasteiger partial charge in [-0.25, -0.2) is 0 Å². The van der Waals surface area contributed by atoms with Crippen LogP contribution in [-0.2, 0) is 9.53 Å². The third-order valence-corrected chi connectivity index (χ3v) is 11.3. The summed E-state index contributed by atoms with van der Waals surface area (Å²) in [5.41, 5.74) is 0.978. The van der Waals surface area contributed by atoms with E-state index in [0.29, 0.717) is 23.4 Å². The molecule has 7 unspecified atom stereocenters. The Morgan fingerprint density at radius 2 is 1.73 bits per heavy atom. The maximum absolute atomic E-state index is 12.5. The van der Waals surface area contributed by atoms with Crippen LogP contribution in [0.25, 0.3) is 0 Å². The summed E-state index contributed by atoms with van der Waals surface area (Å²) in [6.07, 6.45) is 13.7. The zero-order valence-electron chi connectivity index (χ0n) is 19.8. The predicted molar refractivity (Wildman–Crippen MR) is 119 cm³/mol. The number of ether oxygens (including phenoxy) is 1. The summed E-state index contributed by atoms with van der Waals surface area (Å²) in [4.78, 5) is 12.5. The second-order valence-electron chi connectivity index (χ2n) is 12.6. The first-order chi connectivity index (χ1) is 14.3.